The lowest BCUT2D eigenvalue weighted by molar-refractivity contribution is -0.145. The number of nitrogens with zero attached hydrogens (tertiary/aromatic N) is 8. The number of Topliss-reactive ketones (excluding diaryl/α,β-unsaturated/α-hetero) is 6. The van der Waals surface area contributed by atoms with Crippen molar-refractivity contribution in [1.29, 1.82) is 0 Å². The van der Waals surface area contributed by atoms with Crippen LogP contribution in [0.25, 0.3) is 10.8 Å². The normalized spacial score (nSPS) is 22.8. The summed E-state index contributed by atoms with van der Waals surface area (Å²) < 4.78 is 0. The number of imide groups is 3. The molecule has 2 aromatic carbocycles. The third-order valence-corrected chi connectivity index (χ3v) is 30.5. The van der Waals surface area contributed by atoms with E-state index in [2.05, 4.69) is 65.4 Å². The molecule has 0 radical (unpaired) electrons. The van der Waals surface area contributed by atoms with E-state index in [4.69, 9.17) is 0 Å². The minimum absolute atomic E-state index is 0.00581. The summed E-state index contributed by atoms with van der Waals surface area (Å²) in [5, 5.41) is 14.7. The number of benzene rings is 2. The molecule has 5 aromatic rings. The first kappa shape index (κ1) is 111. The number of fused-ring (bicyclic) bond motifs is 2. The third-order valence-electron chi connectivity index (χ3n) is 30.5. The molecule has 30 nitrogen and oxygen atoms in total. The Bertz CT molecular complexity index is 5040. The van der Waals surface area contributed by atoms with E-state index >= 15 is 0 Å². The average Bonchev–Trinajstić information content (AvgIpc) is 1.57. The van der Waals surface area contributed by atoms with Crippen LogP contribution in [0.15, 0.2) is 85.6 Å². The van der Waals surface area contributed by atoms with E-state index < -0.39 is 88.5 Å². The number of aryl methyl sites for hydroxylation is 2. The molecule has 30 heteroatoms. The fourth-order valence-electron chi connectivity index (χ4n) is 22.8. The maximum absolute atomic E-state index is 14.7. The average molecular weight is 1960 g/mol. The van der Waals surface area contributed by atoms with Crippen LogP contribution in [0.2, 0.25) is 0 Å². The summed E-state index contributed by atoms with van der Waals surface area (Å²) in [7, 11) is 0. The molecule has 6 aliphatic carbocycles. The minimum Gasteiger partial charge on any atom is -0.344 e. The number of ketones is 6. The molecule has 4 saturated heterocycles. The van der Waals surface area contributed by atoms with Gasteiger partial charge in [-0.15, -0.1) is 0 Å². The topological polar surface area (TPSA) is 425 Å². The van der Waals surface area contributed by atoms with Crippen molar-refractivity contribution in [2.24, 2.45) is 81.8 Å². The van der Waals surface area contributed by atoms with Crippen molar-refractivity contribution in [3.8, 4) is 0 Å². The van der Waals surface area contributed by atoms with Crippen LogP contribution in [0.4, 0.5) is 0 Å². The summed E-state index contributed by atoms with van der Waals surface area (Å²) in [6.07, 6.45) is 35.0. The van der Waals surface area contributed by atoms with Crippen LogP contribution in [-0.2, 0) is 57.5 Å². The Kier molecular flexibility index (Phi) is 40.6. The van der Waals surface area contributed by atoms with Crippen molar-refractivity contribution in [2.45, 2.75) is 364 Å². The van der Waals surface area contributed by atoms with Crippen molar-refractivity contribution < 1.29 is 81.5 Å². The van der Waals surface area contributed by atoms with Crippen LogP contribution >= 0.6 is 0 Å². The summed E-state index contributed by atoms with van der Waals surface area (Å²) in [6, 6.07) is 11.1. The largest absolute Gasteiger partial charge is 0.344 e. The molecule has 11 amide bonds. The zero-order valence-corrected chi connectivity index (χ0v) is 86.4. The molecule has 4 unspecified atom stereocenters. The standard InChI is InChI=1S/2C40H60N4O5.C17H12N2O4.C11H11N3O3.2C2H6/c2*1-6-11-27(19-30(45)18-26-16-17-26)20-35(47)36-31-15-10-14-29(31)24-44(36)39(49)37(40(3,4)5)43-38(48)32(28-12-8-7-9-13-28)21-34(46)33-23-41-25(2)22-42-33;20-13-8-7-12(15(21)18-13)19-16(22)10-5-1-3-9-4-2-6-11(14(9)10)17(19)23;15-9-5-4-8(11(17)14-9)13-10(16)7-3-1-2-6-12-7;2*1-2/h2*22-23,26-29,31-32,36-37H,6-21,24H2,1-5H3,(H,43,48);1-6,12H,7-8H2,(H,18,20,21);1-3,6,8H,4-5H2,(H,13,16)(H,14,15,17);2*1-2H3/t2*27?,29-,31-,32-,36-,37+;;;;/m00..../s1. The Morgan fingerprint density at radius 3 is 1.25 bits per heavy atom. The molecule has 3 aromatic heterocycles. The SMILES string of the molecule is CC.CC.CCCC(CC(=O)CC1CC1)CC(=O)[C@@H]1[C@H]2CCC[C@H]2CN1C(=O)[C@@H](NC(=O)[C@@H](CC(=O)c1cnc(C)cn1)C1CCCCC1)C(C)(C)C.CCCC(CC(=O)CC1CC1)CC(=O)[C@@H]1[C@H]2CCC[C@H]2CN1C(=O)[C@@H](NC(=O)[C@@H](CC(=O)c1cnc(C)cn1)C1CCCCC1)C(C)(C)C.O=C1CCC(N2C(=O)c3cccc4cccc(c34)C2=O)C(=O)N1.O=C1CCC(NC(=O)c2ccccn2)C(=O)N1. The molecular weight excluding hydrogens is 1800 g/mol. The number of aromatic nitrogens is 5. The predicted octanol–water partition coefficient (Wildman–Crippen LogP) is 16.6. The molecule has 6 saturated carbocycles. The van der Waals surface area contributed by atoms with Gasteiger partial charge in [0.2, 0.25) is 47.3 Å². The second kappa shape index (κ2) is 51.8. The Balaban J connectivity index is 0.000000192. The van der Waals surface area contributed by atoms with Gasteiger partial charge in [-0.25, -0.2) is 9.97 Å². The van der Waals surface area contributed by atoms with Gasteiger partial charge in [-0.3, -0.25) is 112 Å². The summed E-state index contributed by atoms with van der Waals surface area (Å²) in [6.45, 7) is 28.6. The van der Waals surface area contributed by atoms with E-state index in [0.717, 1.165) is 176 Å². The molecule has 14 atom stereocenters. The van der Waals surface area contributed by atoms with Crippen LogP contribution in [0.3, 0.4) is 0 Å². The number of amides is 11. The summed E-state index contributed by atoms with van der Waals surface area (Å²) in [5.41, 5.74) is 1.75. The van der Waals surface area contributed by atoms with E-state index in [0.29, 0.717) is 86.4 Å². The maximum Gasteiger partial charge on any atom is 0.270 e. The third kappa shape index (κ3) is 29.6. The van der Waals surface area contributed by atoms with Crippen molar-refractivity contribution in [3.63, 3.8) is 0 Å². The molecule has 5 N–H and O–H groups in total. The maximum atomic E-state index is 14.7. The lowest BCUT2D eigenvalue weighted by Crippen LogP contribution is -2.58. The van der Waals surface area contributed by atoms with E-state index in [1.165, 1.54) is 18.6 Å². The lowest BCUT2D eigenvalue weighted by Gasteiger charge is -2.38. The van der Waals surface area contributed by atoms with Crippen LogP contribution in [0.5, 0.6) is 0 Å². The smallest absolute Gasteiger partial charge is 0.270 e. The summed E-state index contributed by atoms with van der Waals surface area (Å²) in [5.74, 6) is -3.04. The fourth-order valence-corrected chi connectivity index (χ4v) is 22.8. The number of pyridine rings is 1. The molecule has 0 spiro atoms. The highest BCUT2D eigenvalue weighted by atomic mass is 16.2. The number of likely N-dealkylation sites (tertiary alicyclic amines) is 2. The van der Waals surface area contributed by atoms with Crippen molar-refractivity contribution in [2.75, 3.05) is 13.1 Å². The van der Waals surface area contributed by atoms with Gasteiger partial charge in [0.15, 0.2) is 23.1 Å². The second-order valence-corrected chi connectivity index (χ2v) is 43.3. The number of carbonyl (C=O) groups excluding carboxylic acids is 17. The van der Waals surface area contributed by atoms with Gasteiger partial charge >= 0.3 is 0 Å². The molecular formula is C112H155N13O17. The predicted molar refractivity (Wildman–Crippen MR) is 538 cm³/mol. The van der Waals surface area contributed by atoms with Crippen molar-refractivity contribution in [1.82, 2.24) is 66.2 Å². The fraction of sp³-hybridized carbons (Fsp3) is 0.643. The zero-order chi connectivity index (χ0) is 103. The van der Waals surface area contributed by atoms with Crippen LogP contribution in [0, 0.1) is 95.7 Å². The van der Waals surface area contributed by atoms with E-state index in [-0.39, 0.29) is 167 Å². The van der Waals surface area contributed by atoms with Gasteiger partial charge in [0.1, 0.15) is 52.8 Å². The van der Waals surface area contributed by atoms with E-state index in [1.807, 2.05) is 95.2 Å². The Morgan fingerprint density at radius 2 is 0.873 bits per heavy atom. The number of carbonyl (C=O) groups is 17. The second-order valence-electron chi connectivity index (χ2n) is 43.3. The van der Waals surface area contributed by atoms with E-state index in [9.17, 15) is 81.5 Å². The molecule has 770 valence electrons. The van der Waals surface area contributed by atoms with Crippen LogP contribution < -0.4 is 26.6 Å². The molecule has 142 heavy (non-hydrogen) atoms. The Labute approximate surface area is 838 Å². The number of hydrogen-bond donors (Lipinski definition) is 5. The number of rotatable bonds is 35. The monoisotopic (exact) mass is 1950 g/mol. The zero-order valence-electron chi connectivity index (χ0n) is 86.4. The molecule has 8 heterocycles. The minimum atomic E-state index is -0.948. The number of hydrogen-bond acceptors (Lipinski definition) is 22. The van der Waals surface area contributed by atoms with Gasteiger partial charge in [0.05, 0.1) is 35.9 Å². The van der Waals surface area contributed by atoms with Gasteiger partial charge < -0.3 is 25.8 Å². The highest BCUT2D eigenvalue weighted by Gasteiger charge is 2.55. The molecule has 5 aliphatic heterocycles. The van der Waals surface area contributed by atoms with Gasteiger partial charge in [0, 0.05) is 124 Å². The summed E-state index contributed by atoms with van der Waals surface area (Å²) in [4.78, 5) is 247. The quantitative estimate of drug-likeness (QED) is 0.0186. The van der Waals surface area contributed by atoms with Gasteiger partial charge in [0.25, 0.3) is 17.7 Å². The van der Waals surface area contributed by atoms with Crippen LogP contribution in [-0.4, -0.2) is 189 Å². The van der Waals surface area contributed by atoms with Gasteiger partial charge in [-0.2, -0.15) is 0 Å². The first-order valence-corrected chi connectivity index (χ1v) is 53.2. The first-order valence-electron chi connectivity index (χ1n) is 53.2. The highest BCUT2D eigenvalue weighted by molar-refractivity contribution is 6.27. The number of piperidine rings is 2. The lowest BCUT2D eigenvalue weighted by atomic mass is 9.76. The van der Waals surface area contributed by atoms with Gasteiger partial charge in [-0.05, 0) is 216 Å². The van der Waals surface area contributed by atoms with Crippen molar-refractivity contribution in [3.05, 3.63) is 125 Å². The number of nitrogens with one attached hydrogen (secondary N) is 5. The molecule has 16 rings (SSSR count). The molecule has 11 aliphatic rings. The Morgan fingerprint density at radius 1 is 0.444 bits per heavy atom. The Hall–Kier alpha value is -11.2. The van der Waals surface area contributed by atoms with Crippen LogP contribution in [0.1, 0.15) is 378 Å². The molecule has 10 fully saturated rings. The first-order chi connectivity index (χ1) is 67.9. The van der Waals surface area contributed by atoms with Gasteiger partial charge in [-0.1, -0.05) is 178 Å². The molecule has 0 bridgehead atoms. The summed E-state index contributed by atoms with van der Waals surface area (Å²) >= 11 is 0. The van der Waals surface area contributed by atoms with E-state index in [1.54, 1.807) is 64.7 Å². The van der Waals surface area contributed by atoms with Crippen molar-refractivity contribution >= 4 is 110 Å². The highest BCUT2D eigenvalue weighted by Crippen LogP contribution is 2.48.